The minimum Gasteiger partial charge on any atom is -0.344 e. The lowest BCUT2D eigenvalue weighted by Gasteiger charge is -2.36. The van der Waals surface area contributed by atoms with E-state index in [0.717, 1.165) is 6.42 Å². The van der Waals surface area contributed by atoms with Gasteiger partial charge in [0.25, 0.3) is 0 Å². The van der Waals surface area contributed by atoms with E-state index in [0.29, 0.717) is 0 Å². The number of hydrogen-bond acceptors (Lipinski definition) is 1. The van der Waals surface area contributed by atoms with E-state index in [1.807, 2.05) is 0 Å². The highest BCUT2D eigenvalue weighted by Crippen LogP contribution is 2.41. The van der Waals surface area contributed by atoms with Crippen LogP contribution in [0.3, 0.4) is 0 Å². The van der Waals surface area contributed by atoms with Gasteiger partial charge in [-0.25, -0.2) is 0 Å². The van der Waals surface area contributed by atoms with Crippen LogP contribution in [0.5, 0.6) is 0 Å². The SMILES string of the molecule is N.c1ccc(CC(c2ccccc2)(c2ccccc2)c2ccccc2)cc1. The smallest absolute Gasteiger partial charge is 0.0491 e. The highest BCUT2D eigenvalue weighted by molar-refractivity contribution is 5.52. The van der Waals surface area contributed by atoms with Crippen molar-refractivity contribution in [2.24, 2.45) is 0 Å². The average Bonchev–Trinajstić information content (AvgIpc) is 2.75. The Morgan fingerprint density at radius 1 is 0.407 bits per heavy atom. The number of hydrogen-bond donors (Lipinski definition) is 1. The summed E-state index contributed by atoms with van der Waals surface area (Å²) in [6.07, 6.45) is 0.922. The van der Waals surface area contributed by atoms with Gasteiger partial charge in [-0.05, 0) is 28.7 Å². The summed E-state index contributed by atoms with van der Waals surface area (Å²) >= 11 is 0. The van der Waals surface area contributed by atoms with E-state index < -0.39 is 0 Å². The molecule has 27 heavy (non-hydrogen) atoms. The molecule has 0 aliphatic carbocycles. The zero-order chi connectivity index (χ0) is 17.7. The molecule has 4 aromatic rings. The lowest BCUT2D eigenvalue weighted by Crippen LogP contribution is -2.32. The van der Waals surface area contributed by atoms with Crippen LogP contribution in [0.2, 0.25) is 0 Å². The van der Waals surface area contributed by atoms with Crippen molar-refractivity contribution < 1.29 is 0 Å². The van der Waals surface area contributed by atoms with E-state index in [9.17, 15) is 0 Å². The van der Waals surface area contributed by atoms with Crippen molar-refractivity contribution in [3.05, 3.63) is 144 Å². The van der Waals surface area contributed by atoms with E-state index >= 15 is 0 Å². The summed E-state index contributed by atoms with van der Waals surface area (Å²) in [5.74, 6) is 0. The fourth-order valence-electron chi connectivity index (χ4n) is 3.88. The molecule has 0 heterocycles. The Kier molecular flexibility index (Phi) is 5.85. The van der Waals surface area contributed by atoms with Crippen molar-refractivity contribution in [1.82, 2.24) is 6.15 Å². The molecule has 0 radical (unpaired) electrons. The second-order valence-corrected chi connectivity index (χ2v) is 6.67. The van der Waals surface area contributed by atoms with Gasteiger partial charge in [0.1, 0.15) is 0 Å². The molecule has 0 aliphatic heterocycles. The highest BCUT2D eigenvalue weighted by Gasteiger charge is 2.36. The van der Waals surface area contributed by atoms with E-state index in [2.05, 4.69) is 121 Å². The van der Waals surface area contributed by atoms with Crippen LogP contribution in [0.1, 0.15) is 22.3 Å². The number of rotatable bonds is 5. The Morgan fingerprint density at radius 3 is 1.04 bits per heavy atom. The van der Waals surface area contributed by atoms with Gasteiger partial charge in [0, 0.05) is 5.41 Å². The molecule has 0 amide bonds. The molecule has 0 spiro atoms. The largest absolute Gasteiger partial charge is 0.344 e. The van der Waals surface area contributed by atoms with Crippen LogP contribution in [0.4, 0.5) is 0 Å². The highest BCUT2D eigenvalue weighted by atomic mass is 14.4. The molecular weight excluding hydrogens is 326 g/mol. The first kappa shape index (κ1) is 18.6. The average molecular weight is 351 g/mol. The maximum Gasteiger partial charge on any atom is 0.0491 e. The van der Waals surface area contributed by atoms with E-state index in [1.165, 1.54) is 22.3 Å². The van der Waals surface area contributed by atoms with Crippen LogP contribution >= 0.6 is 0 Å². The standard InChI is InChI=1S/C26H22.H3N/c1-5-13-22(14-6-1)21-26(23-15-7-2-8-16-23,24-17-9-3-10-18-24)25-19-11-4-12-20-25;/h1-20H,21H2;1H3. The van der Waals surface area contributed by atoms with Crippen molar-refractivity contribution in [2.75, 3.05) is 0 Å². The van der Waals surface area contributed by atoms with Crippen LogP contribution in [0.15, 0.2) is 121 Å². The monoisotopic (exact) mass is 351 g/mol. The fraction of sp³-hybridized carbons (Fsp3) is 0.0769. The summed E-state index contributed by atoms with van der Waals surface area (Å²) in [4.78, 5) is 0. The Balaban J connectivity index is 0.00000210. The first-order valence-corrected chi connectivity index (χ1v) is 9.10. The third-order valence-electron chi connectivity index (χ3n) is 5.11. The molecule has 1 heteroatoms. The predicted molar refractivity (Wildman–Crippen MR) is 114 cm³/mol. The molecule has 3 N–H and O–H groups in total. The zero-order valence-electron chi connectivity index (χ0n) is 15.5. The van der Waals surface area contributed by atoms with Crippen LogP contribution in [-0.2, 0) is 11.8 Å². The van der Waals surface area contributed by atoms with Gasteiger partial charge in [0.05, 0.1) is 0 Å². The molecule has 0 atom stereocenters. The van der Waals surface area contributed by atoms with Crippen LogP contribution in [0.25, 0.3) is 0 Å². The molecule has 4 aromatic carbocycles. The third kappa shape index (κ3) is 3.69. The minimum absolute atomic E-state index is 0. The second-order valence-electron chi connectivity index (χ2n) is 6.67. The lowest BCUT2D eigenvalue weighted by molar-refractivity contribution is 0.613. The quantitative estimate of drug-likeness (QED) is 0.413. The molecule has 134 valence electrons. The third-order valence-corrected chi connectivity index (χ3v) is 5.11. The topological polar surface area (TPSA) is 35.0 Å². The van der Waals surface area contributed by atoms with Crippen molar-refractivity contribution in [3.8, 4) is 0 Å². The van der Waals surface area contributed by atoms with Gasteiger partial charge < -0.3 is 6.15 Å². The van der Waals surface area contributed by atoms with E-state index in [-0.39, 0.29) is 11.6 Å². The summed E-state index contributed by atoms with van der Waals surface area (Å²) in [5.41, 5.74) is 5.08. The summed E-state index contributed by atoms with van der Waals surface area (Å²) < 4.78 is 0. The molecule has 0 aliphatic rings. The van der Waals surface area contributed by atoms with Gasteiger partial charge >= 0.3 is 0 Å². The molecule has 0 fully saturated rings. The number of benzene rings is 4. The van der Waals surface area contributed by atoms with Gasteiger partial charge in [-0.2, -0.15) is 0 Å². The van der Waals surface area contributed by atoms with E-state index in [4.69, 9.17) is 0 Å². The van der Waals surface area contributed by atoms with Crippen molar-refractivity contribution in [1.29, 1.82) is 0 Å². The Morgan fingerprint density at radius 2 is 0.704 bits per heavy atom. The zero-order valence-corrected chi connectivity index (χ0v) is 15.5. The summed E-state index contributed by atoms with van der Waals surface area (Å²) in [6, 6.07) is 43.4. The van der Waals surface area contributed by atoms with Gasteiger partial charge in [-0.15, -0.1) is 0 Å². The Hall–Kier alpha value is -3.16. The molecule has 0 aromatic heterocycles. The first-order chi connectivity index (χ1) is 12.9. The lowest BCUT2D eigenvalue weighted by atomic mass is 9.66. The van der Waals surface area contributed by atoms with Crippen LogP contribution in [0, 0.1) is 0 Å². The van der Waals surface area contributed by atoms with Gasteiger partial charge in [0.2, 0.25) is 0 Å². The second kappa shape index (κ2) is 8.48. The van der Waals surface area contributed by atoms with Crippen LogP contribution in [-0.4, -0.2) is 0 Å². The molecule has 1 nitrogen and oxygen atoms in total. The Labute approximate surface area is 161 Å². The summed E-state index contributed by atoms with van der Waals surface area (Å²) in [6.45, 7) is 0. The summed E-state index contributed by atoms with van der Waals surface area (Å²) in [5, 5.41) is 0. The predicted octanol–water partition coefficient (Wildman–Crippen LogP) is 6.43. The normalized spacial score (nSPS) is 10.8. The Bertz CT molecular complexity index is 836. The van der Waals surface area contributed by atoms with Crippen molar-refractivity contribution in [2.45, 2.75) is 11.8 Å². The molecular formula is C26H25N. The van der Waals surface area contributed by atoms with Crippen molar-refractivity contribution >= 4 is 0 Å². The fourth-order valence-corrected chi connectivity index (χ4v) is 3.88. The molecule has 0 bridgehead atoms. The van der Waals surface area contributed by atoms with Crippen LogP contribution < -0.4 is 6.15 Å². The summed E-state index contributed by atoms with van der Waals surface area (Å²) in [7, 11) is 0. The molecule has 0 saturated carbocycles. The first-order valence-electron chi connectivity index (χ1n) is 9.10. The van der Waals surface area contributed by atoms with Gasteiger partial charge in [-0.1, -0.05) is 121 Å². The van der Waals surface area contributed by atoms with E-state index in [1.54, 1.807) is 0 Å². The van der Waals surface area contributed by atoms with Gasteiger partial charge in [0.15, 0.2) is 0 Å². The maximum atomic E-state index is 2.25. The molecule has 4 rings (SSSR count). The molecule has 0 unspecified atom stereocenters. The molecule has 0 saturated heterocycles. The van der Waals surface area contributed by atoms with Crippen molar-refractivity contribution in [3.63, 3.8) is 0 Å². The minimum atomic E-state index is -0.217. The maximum absolute atomic E-state index is 2.25. The van der Waals surface area contributed by atoms with Gasteiger partial charge in [-0.3, -0.25) is 0 Å².